The number of hydrogen-bond donors (Lipinski definition) is 1. The smallest absolute Gasteiger partial charge is 0.312 e. The minimum absolute atomic E-state index is 0.121. The van der Waals surface area contributed by atoms with Gasteiger partial charge in [0, 0.05) is 53.3 Å². The highest BCUT2D eigenvalue weighted by Crippen LogP contribution is 2.54. The van der Waals surface area contributed by atoms with Gasteiger partial charge in [-0.1, -0.05) is 48.5 Å². The number of hydrogen-bond acceptors (Lipinski definition) is 10. The zero-order valence-corrected chi connectivity index (χ0v) is 29.5. The van der Waals surface area contributed by atoms with Crippen LogP contribution >= 0.6 is 0 Å². The predicted molar refractivity (Wildman–Crippen MR) is 186 cm³/mol. The van der Waals surface area contributed by atoms with E-state index in [0.717, 1.165) is 28.0 Å². The number of ether oxygens (including phenoxy) is 7. The molecular formula is C40H44O10. The van der Waals surface area contributed by atoms with Crippen LogP contribution in [0.1, 0.15) is 61.8 Å². The third kappa shape index (κ3) is 7.27. The molecule has 10 nitrogen and oxygen atoms in total. The molecule has 0 amide bonds. The highest BCUT2D eigenvalue weighted by Gasteiger charge is 2.45. The van der Waals surface area contributed by atoms with Crippen molar-refractivity contribution >= 4 is 11.9 Å². The summed E-state index contributed by atoms with van der Waals surface area (Å²) in [5.74, 6) is 2.45. The van der Waals surface area contributed by atoms with Crippen LogP contribution in [-0.2, 0) is 28.5 Å². The molecule has 0 radical (unpaired) electrons. The lowest BCUT2D eigenvalue weighted by molar-refractivity contribution is -0.152. The molecule has 50 heavy (non-hydrogen) atoms. The van der Waals surface area contributed by atoms with Crippen LogP contribution in [0.15, 0.2) is 84.9 Å². The first-order valence-electron chi connectivity index (χ1n) is 16.3. The molecule has 10 heteroatoms. The van der Waals surface area contributed by atoms with Crippen LogP contribution in [-0.4, -0.2) is 58.4 Å². The van der Waals surface area contributed by atoms with E-state index < -0.39 is 10.8 Å². The molecule has 2 heterocycles. The number of benzene rings is 4. The van der Waals surface area contributed by atoms with E-state index in [9.17, 15) is 14.7 Å². The average Bonchev–Trinajstić information content (AvgIpc) is 3.11. The normalized spacial score (nSPS) is 15.7. The van der Waals surface area contributed by atoms with E-state index in [-0.39, 0.29) is 36.3 Å². The Bertz CT molecular complexity index is 1830. The lowest BCUT2D eigenvalue weighted by Crippen LogP contribution is -2.34. The van der Waals surface area contributed by atoms with Crippen LogP contribution in [0.5, 0.6) is 34.5 Å². The number of fused-ring (bicyclic) bond motifs is 4. The SMILES string of the molecule is COC(=O)C(C)(C)C1c2ccccc2Oc2cc(O)ccc21.COCCOCOc1ccc2c(c1)Oc1ccccc1C2C(C)(C)C(=O)OC. The quantitative estimate of drug-likeness (QED) is 0.100. The molecule has 2 unspecified atom stereocenters. The molecule has 4 aromatic carbocycles. The summed E-state index contributed by atoms with van der Waals surface area (Å²) < 4.78 is 38.0. The average molecular weight is 685 g/mol. The van der Waals surface area contributed by atoms with E-state index in [1.54, 1.807) is 25.3 Å². The lowest BCUT2D eigenvalue weighted by Gasteiger charge is -2.37. The minimum Gasteiger partial charge on any atom is -0.508 e. The number of methoxy groups -OCH3 is 3. The number of carbonyl (C=O) groups excluding carboxylic acids is 2. The Balaban J connectivity index is 0.000000200. The van der Waals surface area contributed by atoms with E-state index in [1.807, 2.05) is 94.4 Å². The zero-order chi connectivity index (χ0) is 36.1. The third-order valence-corrected chi connectivity index (χ3v) is 9.11. The van der Waals surface area contributed by atoms with Gasteiger partial charge in [-0.05, 0) is 52.0 Å². The standard InChI is InChI=1S/C22H26O6.C18H18O4/c1-22(2,21(23)25-4)20-16-7-5-6-8-18(16)28-19-13-15(9-10-17(19)20)27-14-26-12-11-24-3;1-18(2,17(20)21-3)16-12-6-4-5-7-14(12)22-15-10-11(19)8-9-13(15)16/h5-10,13,20H,11-12,14H2,1-4H3;4-10,16,19H,1-3H3. The van der Waals surface area contributed by atoms with Gasteiger partial charge < -0.3 is 38.3 Å². The van der Waals surface area contributed by atoms with Gasteiger partial charge in [0.2, 0.25) is 0 Å². The van der Waals surface area contributed by atoms with Gasteiger partial charge in [-0.25, -0.2) is 0 Å². The zero-order valence-electron chi connectivity index (χ0n) is 29.5. The second-order valence-electron chi connectivity index (χ2n) is 13.2. The van der Waals surface area contributed by atoms with Crippen molar-refractivity contribution in [3.63, 3.8) is 0 Å². The van der Waals surface area contributed by atoms with E-state index in [2.05, 4.69) is 0 Å². The molecule has 0 aromatic heterocycles. The van der Waals surface area contributed by atoms with Gasteiger partial charge in [-0.15, -0.1) is 0 Å². The van der Waals surface area contributed by atoms with E-state index in [1.165, 1.54) is 14.2 Å². The molecule has 0 spiro atoms. The van der Waals surface area contributed by atoms with Crippen molar-refractivity contribution in [3.8, 4) is 34.5 Å². The number of esters is 2. The molecule has 1 N–H and O–H groups in total. The molecule has 2 aliphatic rings. The summed E-state index contributed by atoms with van der Waals surface area (Å²) in [6.45, 7) is 8.60. The fourth-order valence-electron chi connectivity index (χ4n) is 6.60. The Kier molecular flexibility index (Phi) is 11.0. The van der Waals surface area contributed by atoms with Crippen LogP contribution in [0.3, 0.4) is 0 Å². The number of rotatable bonds is 10. The second-order valence-corrected chi connectivity index (χ2v) is 13.2. The topological polar surface area (TPSA) is 119 Å². The van der Waals surface area contributed by atoms with E-state index >= 15 is 0 Å². The molecule has 0 bridgehead atoms. The van der Waals surface area contributed by atoms with Gasteiger partial charge in [0.05, 0.1) is 38.3 Å². The monoisotopic (exact) mass is 684 g/mol. The van der Waals surface area contributed by atoms with Gasteiger partial charge in [0.25, 0.3) is 0 Å². The fraction of sp³-hybridized carbons (Fsp3) is 0.350. The highest BCUT2D eigenvalue weighted by molar-refractivity contribution is 5.80. The van der Waals surface area contributed by atoms with Crippen LogP contribution in [0, 0.1) is 10.8 Å². The predicted octanol–water partition coefficient (Wildman–Crippen LogP) is 7.95. The van der Waals surface area contributed by atoms with Crippen LogP contribution < -0.4 is 14.2 Å². The number of carbonyl (C=O) groups is 2. The summed E-state index contributed by atoms with van der Waals surface area (Å²) in [6.07, 6.45) is 0. The van der Waals surface area contributed by atoms with E-state index in [0.29, 0.717) is 36.2 Å². The Labute approximate surface area is 292 Å². The Morgan fingerprint density at radius 1 is 0.640 bits per heavy atom. The summed E-state index contributed by atoms with van der Waals surface area (Å²) in [6, 6.07) is 26.0. The van der Waals surface area contributed by atoms with Crippen molar-refractivity contribution in [3.05, 3.63) is 107 Å². The van der Waals surface area contributed by atoms with Crippen LogP contribution in [0.25, 0.3) is 0 Å². The molecule has 0 aliphatic carbocycles. The maximum absolute atomic E-state index is 12.5. The van der Waals surface area contributed by atoms with Gasteiger partial charge in [0.1, 0.15) is 34.5 Å². The van der Waals surface area contributed by atoms with Crippen molar-refractivity contribution in [2.24, 2.45) is 10.8 Å². The summed E-state index contributed by atoms with van der Waals surface area (Å²) in [5, 5.41) is 9.71. The van der Waals surface area contributed by atoms with Crippen molar-refractivity contribution in [1.82, 2.24) is 0 Å². The number of aromatic hydroxyl groups is 1. The summed E-state index contributed by atoms with van der Waals surface area (Å²) in [7, 11) is 4.43. The summed E-state index contributed by atoms with van der Waals surface area (Å²) >= 11 is 0. The first-order valence-corrected chi connectivity index (χ1v) is 16.3. The van der Waals surface area contributed by atoms with Crippen molar-refractivity contribution < 1.29 is 47.9 Å². The molecule has 2 atom stereocenters. The molecule has 0 saturated heterocycles. The molecule has 6 rings (SSSR count). The van der Waals surface area contributed by atoms with Gasteiger partial charge in [-0.2, -0.15) is 0 Å². The molecule has 0 saturated carbocycles. The molecule has 264 valence electrons. The summed E-state index contributed by atoms with van der Waals surface area (Å²) in [4.78, 5) is 24.8. The number of para-hydroxylation sites is 2. The van der Waals surface area contributed by atoms with E-state index in [4.69, 9.17) is 33.2 Å². The Hall–Kier alpha value is -5.06. The molecule has 0 fully saturated rings. The maximum atomic E-state index is 12.5. The largest absolute Gasteiger partial charge is 0.508 e. The lowest BCUT2D eigenvalue weighted by atomic mass is 9.70. The van der Waals surface area contributed by atoms with Crippen LogP contribution in [0.4, 0.5) is 0 Å². The third-order valence-electron chi connectivity index (χ3n) is 9.11. The number of phenols is 1. The van der Waals surface area contributed by atoms with Gasteiger partial charge in [-0.3, -0.25) is 9.59 Å². The highest BCUT2D eigenvalue weighted by atomic mass is 16.7. The van der Waals surface area contributed by atoms with Gasteiger partial charge in [0.15, 0.2) is 6.79 Å². The molecule has 2 aliphatic heterocycles. The first kappa shape index (κ1) is 36.2. The molecular weight excluding hydrogens is 640 g/mol. The van der Waals surface area contributed by atoms with Crippen molar-refractivity contribution in [1.29, 1.82) is 0 Å². The summed E-state index contributed by atoms with van der Waals surface area (Å²) in [5.41, 5.74) is 2.15. The molecule has 4 aromatic rings. The first-order chi connectivity index (χ1) is 23.9. The van der Waals surface area contributed by atoms with Crippen molar-refractivity contribution in [2.75, 3.05) is 41.3 Å². The maximum Gasteiger partial charge on any atom is 0.312 e. The second kappa shape index (κ2) is 15.2. The fourth-order valence-corrected chi connectivity index (χ4v) is 6.60. The Morgan fingerprint density at radius 2 is 1.12 bits per heavy atom. The Morgan fingerprint density at radius 3 is 1.64 bits per heavy atom. The number of phenolic OH excluding ortho intramolecular Hbond substituents is 1. The van der Waals surface area contributed by atoms with Crippen LogP contribution in [0.2, 0.25) is 0 Å². The minimum atomic E-state index is -0.769. The van der Waals surface area contributed by atoms with Gasteiger partial charge >= 0.3 is 11.9 Å². The van der Waals surface area contributed by atoms with Crippen molar-refractivity contribution in [2.45, 2.75) is 39.5 Å².